The normalized spacial score (nSPS) is 11.3. The van der Waals surface area contributed by atoms with Gasteiger partial charge in [-0.1, -0.05) is 42.3 Å². The zero-order valence-electron chi connectivity index (χ0n) is 10.1. The molecule has 0 N–H and O–H groups in total. The Bertz CT molecular complexity index is 416. The minimum absolute atomic E-state index is 0.0362. The van der Waals surface area contributed by atoms with Gasteiger partial charge in [-0.2, -0.15) is 0 Å². The Labute approximate surface area is 103 Å². The maximum Gasteiger partial charge on any atom is 0.230 e. The highest BCUT2D eigenvalue weighted by Gasteiger charge is 2.21. The number of hydrogen-bond donors (Lipinski definition) is 0. The predicted octanol–water partition coefficient (Wildman–Crippen LogP) is 2.44. The molecule has 0 unspecified atom stereocenters. The second-order valence-electron chi connectivity index (χ2n) is 3.89. The average Bonchev–Trinajstić information content (AvgIpc) is 2.36. The lowest BCUT2D eigenvalue weighted by atomic mass is 9.94. The van der Waals surface area contributed by atoms with Gasteiger partial charge in [0.05, 0.1) is 12.5 Å². The Hall–Kier alpha value is -2.01. The molecule has 1 aromatic rings. The van der Waals surface area contributed by atoms with Crippen LogP contribution in [0.1, 0.15) is 17.9 Å². The summed E-state index contributed by atoms with van der Waals surface area (Å²) in [5, 5.41) is 0. The fourth-order valence-electron chi connectivity index (χ4n) is 1.71. The lowest BCUT2D eigenvalue weighted by Gasteiger charge is -2.21. The lowest BCUT2D eigenvalue weighted by Crippen LogP contribution is -2.31. The molecule has 0 radical (unpaired) electrons. The van der Waals surface area contributed by atoms with Crippen molar-refractivity contribution in [2.75, 3.05) is 13.6 Å². The lowest BCUT2D eigenvalue weighted by molar-refractivity contribution is -0.130. The van der Waals surface area contributed by atoms with Crippen LogP contribution in [0.4, 0.5) is 0 Å². The number of nitrogens with zero attached hydrogens (tertiary/aromatic N) is 1. The van der Waals surface area contributed by atoms with Gasteiger partial charge in [0, 0.05) is 7.05 Å². The maximum atomic E-state index is 12.2. The van der Waals surface area contributed by atoms with E-state index >= 15 is 0 Å². The van der Waals surface area contributed by atoms with Crippen molar-refractivity contribution in [3.63, 3.8) is 0 Å². The minimum atomic E-state index is -0.188. The van der Waals surface area contributed by atoms with Gasteiger partial charge in [0.25, 0.3) is 0 Å². The van der Waals surface area contributed by atoms with E-state index in [2.05, 4.69) is 12.5 Å². The summed E-state index contributed by atoms with van der Waals surface area (Å²) in [6, 6.07) is 9.70. The summed E-state index contributed by atoms with van der Waals surface area (Å²) < 4.78 is 0. The van der Waals surface area contributed by atoms with Crippen LogP contribution < -0.4 is 0 Å². The molecule has 0 saturated heterocycles. The summed E-state index contributed by atoms with van der Waals surface area (Å²) in [5.74, 6) is 2.32. The molecule has 2 heteroatoms. The first-order valence-electron chi connectivity index (χ1n) is 5.55. The van der Waals surface area contributed by atoms with Crippen LogP contribution in [-0.4, -0.2) is 24.4 Å². The molecule has 0 bridgehead atoms. The minimum Gasteiger partial charge on any atom is -0.334 e. The second kappa shape index (κ2) is 6.55. The van der Waals surface area contributed by atoms with E-state index < -0.39 is 0 Å². The Kier molecular flexibility index (Phi) is 5.03. The van der Waals surface area contributed by atoms with Gasteiger partial charge in [0.2, 0.25) is 5.91 Å². The molecule has 0 aliphatic rings. The van der Waals surface area contributed by atoms with Crippen molar-refractivity contribution in [3.8, 4) is 12.3 Å². The largest absolute Gasteiger partial charge is 0.334 e. The first-order valence-corrected chi connectivity index (χ1v) is 5.55. The van der Waals surface area contributed by atoms with Crippen LogP contribution in [0.2, 0.25) is 0 Å². The van der Waals surface area contributed by atoms with Crippen molar-refractivity contribution in [2.24, 2.45) is 0 Å². The van der Waals surface area contributed by atoms with Crippen LogP contribution in [0.3, 0.4) is 0 Å². The third-order valence-corrected chi connectivity index (χ3v) is 2.61. The molecule has 0 fully saturated rings. The average molecular weight is 227 g/mol. The van der Waals surface area contributed by atoms with Gasteiger partial charge in [-0.3, -0.25) is 4.79 Å². The van der Waals surface area contributed by atoms with E-state index in [4.69, 9.17) is 6.42 Å². The molecule has 1 aromatic carbocycles. The number of hydrogen-bond acceptors (Lipinski definition) is 1. The number of carbonyl (C=O) groups excluding carboxylic acids is 1. The van der Waals surface area contributed by atoms with Gasteiger partial charge in [0.1, 0.15) is 0 Å². The molecule has 2 nitrogen and oxygen atoms in total. The third kappa shape index (κ3) is 3.49. The molecule has 1 atom stereocenters. The maximum absolute atomic E-state index is 12.2. The molecule has 0 aliphatic heterocycles. The smallest absolute Gasteiger partial charge is 0.230 e. The Morgan fingerprint density at radius 1 is 1.53 bits per heavy atom. The zero-order valence-corrected chi connectivity index (χ0v) is 10.1. The monoisotopic (exact) mass is 227 g/mol. The summed E-state index contributed by atoms with van der Waals surface area (Å²) in [6.45, 7) is 4.04. The summed E-state index contributed by atoms with van der Waals surface area (Å²) in [5.41, 5.74) is 1.00. The number of amides is 1. The summed E-state index contributed by atoms with van der Waals surface area (Å²) >= 11 is 0. The highest BCUT2D eigenvalue weighted by atomic mass is 16.2. The summed E-state index contributed by atoms with van der Waals surface area (Å²) in [7, 11) is 1.72. The molecule has 0 heterocycles. The van der Waals surface area contributed by atoms with Gasteiger partial charge in [-0.25, -0.2) is 0 Å². The number of terminal acetylenes is 1. The molecule has 0 aromatic heterocycles. The van der Waals surface area contributed by atoms with Crippen LogP contribution >= 0.6 is 0 Å². The number of benzene rings is 1. The number of likely N-dealkylation sites (N-methyl/N-ethyl adjacent to an activating group) is 1. The van der Waals surface area contributed by atoms with Crippen LogP contribution in [-0.2, 0) is 4.79 Å². The van der Waals surface area contributed by atoms with Crippen LogP contribution in [0.15, 0.2) is 43.0 Å². The van der Waals surface area contributed by atoms with Gasteiger partial charge in [-0.15, -0.1) is 13.0 Å². The van der Waals surface area contributed by atoms with Gasteiger partial charge in [-0.05, 0) is 12.0 Å². The van der Waals surface area contributed by atoms with Gasteiger partial charge < -0.3 is 4.90 Å². The third-order valence-electron chi connectivity index (χ3n) is 2.61. The standard InChI is InChI=1S/C15H17NO/c1-4-9-14(13-10-7-6-8-11-13)15(17)16(3)12-5-2/h2,4,6-8,10-11,14H,1,9,12H2,3H3/t14-/m1/s1. The number of carbonyl (C=O) groups is 1. The van der Waals surface area contributed by atoms with Crippen molar-refractivity contribution in [2.45, 2.75) is 12.3 Å². The molecular formula is C15H17NO. The second-order valence-corrected chi connectivity index (χ2v) is 3.89. The number of rotatable bonds is 5. The van der Waals surface area contributed by atoms with E-state index in [9.17, 15) is 4.79 Å². The Balaban J connectivity index is 2.90. The van der Waals surface area contributed by atoms with Crippen LogP contribution in [0, 0.1) is 12.3 Å². The molecular weight excluding hydrogens is 210 g/mol. The number of allylic oxidation sites excluding steroid dienone is 1. The molecule has 0 aliphatic carbocycles. The van der Waals surface area contributed by atoms with E-state index in [0.29, 0.717) is 13.0 Å². The fraction of sp³-hybridized carbons (Fsp3) is 0.267. The van der Waals surface area contributed by atoms with Crippen molar-refractivity contribution in [3.05, 3.63) is 48.6 Å². The summed E-state index contributed by atoms with van der Waals surface area (Å²) in [4.78, 5) is 13.8. The molecule has 0 saturated carbocycles. The highest BCUT2D eigenvalue weighted by Crippen LogP contribution is 2.22. The van der Waals surface area contributed by atoms with E-state index in [1.54, 1.807) is 18.0 Å². The predicted molar refractivity (Wildman–Crippen MR) is 70.5 cm³/mol. The Morgan fingerprint density at radius 2 is 2.18 bits per heavy atom. The molecule has 1 amide bonds. The topological polar surface area (TPSA) is 20.3 Å². The van der Waals surface area contributed by atoms with E-state index in [0.717, 1.165) is 5.56 Å². The van der Waals surface area contributed by atoms with Gasteiger partial charge >= 0.3 is 0 Å². The van der Waals surface area contributed by atoms with Crippen molar-refractivity contribution in [1.82, 2.24) is 4.90 Å². The van der Waals surface area contributed by atoms with Crippen LogP contribution in [0.5, 0.6) is 0 Å². The highest BCUT2D eigenvalue weighted by molar-refractivity contribution is 5.83. The molecule has 17 heavy (non-hydrogen) atoms. The first-order chi connectivity index (χ1) is 8.20. The first kappa shape index (κ1) is 13.1. The molecule has 1 rings (SSSR count). The Morgan fingerprint density at radius 3 is 2.71 bits per heavy atom. The van der Waals surface area contributed by atoms with Crippen molar-refractivity contribution < 1.29 is 4.79 Å². The van der Waals surface area contributed by atoms with Gasteiger partial charge in [0.15, 0.2) is 0 Å². The van der Waals surface area contributed by atoms with Crippen molar-refractivity contribution >= 4 is 5.91 Å². The quantitative estimate of drug-likeness (QED) is 0.559. The van der Waals surface area contributed by atoms with Crippen molar-refractivity contribution in [1.29, 1.82) is 0 Å². The molecule has 88 valence electrons. The SMILES string of the molecule is C#CCN(C)C(=O)[C@H](CC=C)c1ccccc1. The fourth-order valence-corrected chi connectivity index (χ4v) is 1.71. The summed E-state index contributed by atoms with van der Waals surface area (Å²) in [6.07, 6.45) is 7.60. The van der Waals surface area contributed by atoms with E-state index in [1.807, 2.05) is 30.3 Å². The zero-order chi connectivity index (χ0) is 12.7. The van der Waals surface area contributed by atoms with E-state index in [1.165, 1.54) is 0 Å². The molecule has 0 spiro atoms. The van der Waals surface area contributed by atoms with Crippen LogP contribution in [0.25, 0.3) is 0 Å². The van der Waals surface area contributed by atoms with E-state index in [-0.39, 0.29) is 11.8 Å².